The van der Waals surface area contributed by atoms with E-state index in [-0.39, 0.29) is 24.0 Å². The van der Waals surface area contributed by atoms with Crippen molar-refractivity contribution in [2.75, 3.05) is 18.5 Å². The molecule has 2 unspecified atom stereocenters. The van der Waals surface area contributed by atoms with Crippen molar-refractivity contribution < 1.29 is 14.3 Å². The van der Waals surface area contributed by atoms with Crippen molar-refractivity contribution >= 4 is 11.6 Å². The first-order chi connectivity index (χ1) is 9.06. The van der Waals surface area contributed by atoms with E-state index in [1.165, 1.54) is 0 Å². The van der Waals surface area contributed by atoms with Crippen LogP contribution in [0.3, 0.4) is 0 Å². The van der Waals surface area contributed by atoms with Gasteiger partial charge < -0.3 is 20.5 Å². The molecule has 0 aromatic heterocycles. The standard InChI is InChI=1S/C14H20N2O3/c1-9(2)19-11-5-3-10(4-6-11)16-14(17)12-7-18-8-13(12)15/h3-6,9,12-13H,7-8,15H2,1-2H3,(H,16,17). The number of rotatable bonds is 4. The van der Waals surface area contributed by atoms with Gasteiger partial charge in [0.25, 0.3) is 0 Å². The summed E-state index contributed by atoms with van der Waals surface area (Å²) in [4.78, 5) is 12.0. The Bertz CT molecular complexity index is 431. The van der Waals surface area contributed by atoms with Gasteiger partial charge in [0, 0.05) is 11.7 Å². The molecule has 1 fully saturated rings. The third-order valence-corrected chi connectivity index (χ3v) is 2.95. The lowest BCUT2D eigenvalue weighted by atomic mass is 10.0. The summed E-state index contributed by atoms with van der Waals surface area (Å²) in [5.41, 5.74) is 6.54. The van der Waals surface area contributed by atoms with Crippen LogP contribution >= 0.6 is 0 Å². The molecule has 0 saturated carbocycles. The SMILES string of the molecule is CC(C)Oc1ccc(NC(=O)C2COCC2N)cc1. The first kappa shape index (κ1) is 13.8. The molecule has 1 amide bonds. The van der Waals surface area contributed by atoms with Crippen LogP contribution in [0.5, 0.6) is 5.75 Å². The number of hydrogen-bond acceptors (Lipinski definition) is 4. The minimum Gasteiger partial charge on any atom is -0.491 e. The number of hydrogen-bond donors (Lipinski definition) is 2. The number of ether oxygens (including phenoxy) is 2. The lowest BCUT2D eigenvalue weighted by molar-refractivity contribution is -0.120. The highest BCUT2D eigenvalue weighted by Gasteiger charge is 2.31. The van der Waals surface area contributed by atoms with Gasteiger partial charge in [-0.05, 0) is 38.1 Å². The molecule has 104 valence electrons. The fraction of sp³-hybridized carbons (Fsp3) is 0.500. The van der Waals surface area contributed by atoms with E-state index in [1.807, 2.05) is 38.1 Å². The highest BCUT2D eigenvalue weighted by Crippen LogP contribution is 2.19. The Balaban J connectivity index is 1.93. The molecule has 0 aliphatic carbocycles. The minimum absolute atomic E-state index is 0.0949. The van der Waals surface area contributed by atoms with Gasteiger partial charge in [-0.25, -0.2) is 0 Å². The normalized spacial score (nSPS) is 22.5. The van der Waals surface area contributed by atoms with Gasteiger partial charge in [0.2, 0.25) is 5.91 Å². The monoisotopic (exact) mass is 264 g/mol. The van der Waals surface area contributed by atoms with E-state index < -0.39 is 0 Å². The molecule has 1 aromatic carbocycles. The number of amides is 1. The second-order valence-electron chi connectivity index (χ2n) is 4.99. The number of carbonyl (C=O) groups is 1. The van der Waals surface area contributed by atoms with Crippen LogP contribution in [0.1, 0.15) is 13.8 Å². The van der Waals surface area contributed by atoms with Crippen LogP contribution in [0.25, 0.3) is 0 Å². The number of anilines is 1. The van der Waals surface area contributed by atoms with E-state index in [2.05, 4.69) is 5.32 Å². The maximum absolute atomic E-state index is 12.0. The summed E-state index contributed by atoms with van der Waals surface area (Å²) in [5, 5.41) is 2.84. The van der Waals surface area contributed by atoms with Crippen LogP contribution < -0.4 is 15.8 Å². The van der Waals surface area contributed by atoms with Gasteiger partial charge in [0.05, 0.1) is 25.2 Å². The van der Waals surface area contributed by atoms with E-state index >= 15 is 0 Å². The average molecular weight is 264 g/mol. The van der Waals surface area contributed by atoms with Gasteiger partial charge in [-0.3, -0.25) is 4.79 Å². The zero-order valence-corrected chi connectivity index (χ0v) is 11.3. The summed E-state index contributed by atoms with van der Waals surface area (Å²) in [5.74, 6) is 0.419. The molecule has 0 spiro atoms. The summed E-state index contributed by atoms with van der Waals surface area (Å²) in [6.07, 6.45) is 0.133. The number of carbonyl (C=O) groups excluding carboxylic acids is 1. The molecule has 0 radical (unpaired) electrons. The fourth-order valence-corrected chi connectivity index (χ4v) is 1.96. The maximum atomic E-state index is 12.0. The fourth-order valence-electron chi connectivity index (χ4n) is 1.96. The zero-order valence-electron chi connectivity index (χ0n) is 11.3. The van der Waals surface area contributed by atoms with E-state index in [0.29, 0.717) is 13.2 Å². The van der Waals surface area contributed by atoms with Crippen LogP contribution in [0.4, 0.5) is 5.69 Å². The van der Waals surface area contributed by atoms with Gasteiger partial charge >= 0.3 is 0 Å². The van der Waals surface area contributed by atoms with E-state index in [4.69, 9.17) is 15.2 Å². The highest BCUT2D eigenvalue weighted by molar-refractivity contribution is 5.93. The molecule has 1 aromatic rings. The van der Waals surface area contributed by atoms with Crippen molar-refractivity contribution in [3.63, 3.8) is 0 Å². The van der Waals surface area contributed by atoms with Crippen LogP contribution in [0.15, 0.2) is 24.3 Å². The molecule has 1 aliphatic heterocycles. The topological polar surface area (TPSA) is 73.6 Å². The van der Waals surface area contributed by atoms with E-state index in [0.717, 1.165) is 11.4 Å². The predicted octanol–water partition coefficient (Wildman–Crippen LogP) is 1.39. The molecule has 19 heavy (non-hydrogen) atoms. The smallest absolute Gasteiger partial charge is 0.231 e. The summed E-state index contributed by atoms with van der Waals surface area (Å²) >= 11 is 0. The largest absolute Gasteiger partial charge is 0.491 e. The first-order valence-corrected chi connectivity index (χ1v) is 6.47. The Labute approximate surface area is 113 Å². The molecular weight excluding hydrogens is 244 g/mol. The van der Waals surface area contributed by atoms with Gasteiger partial charge in [-0.1, -0.05) is 0 Å². The molecule has 5 nitrogen and oxygen atoms in total. The molecule has 2 atom stereocenters. The summed E-state index contributed by atoms with van der Waals surface area (Å²) in [6.45, 7) is 4.77. The maximum Gasteiger partial charge on any atom is 0.231 e. The van der Waals surface area contributed by atoms with Crippen LogP contribution in [-0.4, -0.2) is 31.3 Å². The van der Waals surface area contributed by atoms with Crippen LogP contribution in [0, 0.1) is 5.92 Å². The summed E-state index contributed by atoms with van der Waals surface area (Å²) in [7, 11) is 0. The lowest BCUT2D eigenvalue weighted by Crippen LogP contribution is -2.37. The molecule has 1 aliphatic rings. The minimum atomic E-state index is -0.272. The Morgan fingerprint density at radius 3 is 2.58 bits per heavy atom. The Morgan fingerprint density at radius 2 is 2.05 bits per heavy atom. The summed E-state index contributed by atoms with van der Waals surface area (Å²) in [6, 6.07) is 7.08. The Kier molecular flexibility index (Phi) is 4.39. The van der Waals surface area contributed by atoms with Gasteiger partial charge in [-0.15, -0.1) is 0 Å². The van der Waals surface area contributed by atoms with Gasteiger partial charge in [0.1, 0.15) is 5.75 Å². The molecule has 5 heteroatoms. The van der Waals surface area contributed by atoms with Crippen LogP contribution in [-0.2, 0) is 9.53 Å². The van der Waals surface area contributed by atoms with Crippen LogP contribution in [0.2, 0.25) is 0 Å². The first-order valence-electron chi connectivity index (χ1n) is 6.47. The van der Waals surface area contributed by atoms with E-state index in [1.54, 1.807) is 0 Å². The Morgan fingerprint density at radius 1 is 1.37 bits per heavy atom. The zero-order chi connectivity index (χ0) is 13.8. The van der Waals surface area contributed by atoms with Crippen molar-refractivity contribution in [3.05, 3.63) is 24.3 Å². The predicted molar refractivity (Wildman–Crippen MR) is 73.1 cm³/mol. The molecule has 0 bridgehead atoms. The highest BCUT2D eigenvalue weighted by atomic mass is 16.5. The third kappa shape index (κ3) is 3.68. The summed E-state index contributed by atoms with van der Waals surface area (Å²) < 4.78 is 10.7. The van der Waals surface area contributed by atoms with Crippen molar-refractivity contribution in [3.8, 4) is 5.75 Å². The quantitative estimate of drug-likeness (QED) is 0.861. The number of benzene rings is 1. The third-order valence-electron chi connectivity index (χ3n) is 2.95. The number of nitrogens with two attached hydrogens (primary N) is 1. The van der Waals surface area contributed by atoms with E-state index in [9.17, 15) is 4.79 Å². The molecule has 2 rings (SSSR count). The molecule has 1 saturated heterocycles. The van der Waals surface area contributed by atoms with Crippen molar-refractivity contribution in [1.29, 1.82) is 0 Å². The van der Waals surface area contributed by atoms with Gasteiger partial charge in [-0.2, -0.15) is 0 Å². The number of nitrogens with one attached hydrogen (secondary N) is 1. The van der Waals surface area contributed by atoms with Crippen molar-refractivity contribution in [1.82, 2.24) is 0 Å². The molecular formula is C14H20N2O3. The van der Waals surface area contributed by atoms with Crippen molar-refractivity contribution in [2.24, 2.45) is 11.7 Å². The second-order valence-corrected chi connectivity index (χ2v) is 4.99. The average Bonchev–Trinajstić information content (AvgIpc) is 2.77. The van der Waals surface area contributed by atoms with Gasteiger partial charge in [0.15, 0.2) is 0 Å². The van der Waals surface area contributed by atoms with Crippen molar-refractivity contribution in [2.45, 2.75) is 26.0 Å². The molecule has 3 N–H and O–H groups in total. The molecule has 1 heterocycles. The lowest BCUT2D eigenvalue weighted by Gasteiger charge is -2.14. The second kappa shape index (κ2) is 6.04. The Hall–Kier alpha value is -1.59.